The largest absolute Gasteiger partial charge is 0.497 e. The predicted octanol–water partition coefficient (Wildman–Crippen LogP) is 2.51. The Hall–Kier alpha value is -5.34. The van der Waals surface area contributed by atoms with Crippen LogP contribution in [0.5, 0.6) is 5.75 Å². The van der Waals surface area contributed by atoms with Gasteiger partial charge in [0.2, 0.25) is 22.1 Å². The molecule has 3 aromatic carbocycles. The highest BCUT2D eigenvalue weighted by atomic mass is 32.2. The molecule has 1 atom stereocenters. The van der Waals surface area contributed by atoms with Crippen LogP contribution in [-0.2, 0) is 26.2 Å². The number of ether oxygens (including phenoxy) is 1. The maximum absolute atomic E-state index is 14.2. The number of hydrogen-bond acceptors (Lipinski definition) is 10. The van der Waals surface area contributed by atoms with Crippen LogP contribution in [0.25, 0.3) is 0 Å². The molecule has 2 amide bonds. The van der Waals surface area contributed by atoms with E-state index in [2.05, 4.69) is 20.6 Å². The molecule has 1 saturated heterocycles. The molecule has 0 aliphatic carbocycles. The van der Waals surface area contributed by atoms with Crippen LogP contribution in [0, 0.1) is 0 Å². The standard InChI is InChI=1S/C34H36N8O5S/c1-47-26-14-12-24(13-15-26)22-42-28-11-7-6-10-27(28)32(25-8-4-3-5-9-25)39-33(34(42)44)38-31(43)21-35-29-20-30(37-23-36-29)40-16-18-41(19-17-40)48(2,45)46/h3-15,20,23,33H,16-19,21-22H2,1-2H3,(H,38,43)(H,35,36,37)/t33-/m0/s1. The van der Waals surface area contributed by atoms with Gasteiger partial charge in [0.15, 0.2) is 0 Å². The van der Waals surface area contributed by atoms with Crippen LogP contribution >= 0.6 is 0 Å². The van der Waals surface area contributed by atoms with Gasteiger partial charge in [-0.25, -0.2) is 23.4 Å². The van der Waals surface area contributed by atoms with E-state index in [1.54, 1.807) is 18.1 Å². The number of aromatic nitrogens is 2. The Kier molecular flexibility index (Phi) is 9.64. The summed E-state index contributed by atoms with van der Waals surface area (Å²) in [6, 6.07) is 26.3. The lowest BCUT2D eigenvalue weighted by Gasteiger charge is -2.33. The van der Waals surface area contributed by atoms with Crippen molar-refractivity contribution in [2.24, 2.45) is 4.99 Å². The second kappa shape index (κ2) is 14.2. The molecule has 248 valence electrons. The molecule has 0 saturated carbocycles. The van der Waals surface area contributed by atoms with Crippen molar-refractivity contribution in [1.29, 1.82) is 0 Å². The Morgan fingerprint density at radius 3 is 2.35 bits per heavy atom. The van der Waals surface area contributed by atoms with Gasteiger partial charge < -0.3 is 25.2 Å². The first-order valence-corrected chi connectivity index (χ1v) is 17.3. The number of benzodiazepines with no additional fused rings is 1. The van der Waals surface area contributed by atoms with Gasteiger partial charge in [-0.3, -0.25) is 9.59 Å². The van der Waals surface area contributed by atoms with E-state index in [-0.39, 0.29) is 19.0 Å². The first kappa shape index (κ1) is 32.6. The highest BCUT2D eigenvalue weighted by Gasteiger charge is 2.33. The predicted molar refractivity (Wildman–Crippen MR) is 184 cm³/mol. The number of piperazine rings is 1. The molecule has 6 rings (SSSR count). The van der Waals surface area contributed by atoms with E-state index in [4.69, 9.17) is 9.73 Å². The summed E-state index contributed by atoms with van der Waals surface area (Å²) < 4.78 is 30.5. The maximum Gasteiger partial charge on any atom is 0.272 e. The highest BCUT2D eigenvalue weighted by Crippen LogP contribution is 2.30. The number of amides is 2. The molecule has 13 nitrogen and oxygen atoms in total. The minimum absolute atomic E-state index is 0.177. The summed E-state index contributed by atoms with van der Waals surface area (Å²) >= 11 is 0. The van der Waals surface area contributed by atoms with E-state index < -0.39 is 22.1 Å². The number of carbonyl (C=O) groups excluding carboxylic acids is 2. The third-order valence-electron chi connectivity index (χ3n) is 8.17. The van der Waals surface area contributed by atoms with Crippen LogP contribution in [0.1, 0.15) is 16.7 Å². The molecule has 4 aromatic rings. The van der Waals surface area contributed by atoms with Gasteiger partial charge in [-0.15, -0.1) is 0 Å². The van der Waals surface area contributed by atoms with Crippen LogP contribution in [0.2, 0.25) is 0 Å². The normalized spacial score (nSPS) is 16.8. The Morgan fingerprint density at radius 1 is 0.938 bits per heavy atom. The average Bonchev–Trinajstić information content (AvgIpc) is 3.22. The average molecular weight is 669 g/mol. The molecule has 14 heteroatoms. The molecule has 0 bridgehead atoms. The van der Waals surface area contributed by atoms with Crippen molar-refractivity contribution in [2.75, 3.05) is 61.2 Å². The fourth-order valence-electron chi connectivity index (χ4n) is 5.67. The molecule has 1 fully saturated rings. The van der Waals surface area contributed by atoms with Gasteiger partial charge >= 0.3 is 0 Å². The number of fused-ring (bicyclic) bond motifs is 1. The fraction of sp³-hybridized carbons (Fsp3) is 0.265. The number of methoxy groups -OCH3 is 1. The number of anilines is 3. The van der Waals surface area contributed by atoms with Crippen molar-refractivity contribution < 1.29 is 22.7 Å². The molecule has 2 aliphatic heterocycles. The third kappa shape index (κ3) is 7.45. The Balaban J connectivity index is 1.21. The molecule has 0 unspecified atom stereocenters. The summed E-state index contributed by atoms with van der Waals surface area (Å²) in [6.45, 7) is 1.74. The summed E-state index contributed by atoms with van der Waals surface area (Å²) in [5, 5.41) is 5.85. The van der Waals surface area contributed by atoms with E-state index in [0.29, 0.717) is 55.0 Å². The Bertz CT molecular complexity index is 1910. The number of rotatable bonds is 10. The summed E-state index contributed by atoms with van der Waals surface area (Å²) in [5.74, 6) is 0.898. The van der Waals surface area contributed by atoms with E-state index in [0.717, 1.165) is 16.7 Å². The van der Waals surface area contributed by atoms with Crippen LogP contribution < -0.4 is 25.2 Å². The lowest BCUT2D eigenvalue weighted by atomic mass is 10.00. The molecule has 3 heterocycles. The summed E-state index contributed by atoms with van der Waals surface area (Å²) in [5.41, 5.74) is 3.73. The van der Waals surface area contributed by atoms with E-state index in [1.165, 1.54) is 16.9 Å². The number of nitrogens with zero attached hydrogens (tertiary/aromatic N) is 6. The molecule has 2 N–H and O–H groups in total. The molecule has 0 radical (unpaired) electrons. The topological polar surface area (TPSA) is 149 Å². The minimum atomic E-state index is -3.26. The zero-order valence-corrected chi connectivity index (χ0v) is 27.4. The molecule has 0 spiro atoms. The lowest BCUT2D eigenvalue weighted by Crippen LogP contribution is -2.48. The summed E-state index contributed by atoms with van der Waals surface area (Å²) in [7, 11) is -1.66. The molecular formula is C34H36N8O5S. The first-order chi connectivity index (χ1) is 23.2. The van der Waals surface area contributed by atoms with Crippen LogP contribution in [-0.4, -0.2) is 92.5 Å². The van der Waals surface area contributed by atoms with Crippen molar-refractivity contribution in [3.05, 3.63) is 108 Å². The summed E-state index contributed by atoms with van der Waals surface area (Å²) in [6.07, 6.45) is 1.39. The molecule has 1 aromatic heterocycles. The van der Waals surface area contributed by atoms with Crippen LogP contribution in [0.4, 0.5) is 17.3 Å². The van der Waals surface area contributed by atoms with Crippen LogP contribution in [0.3, 0.4) is 0 Å². The first-order valence-electron chi connectivity index (χ1n) is 15.4. The Morgan fingerprint density at radius 2 is 1.65 bits per heavy atom. The van der Waals surface area contributed by atoms with Gasteiger partial charge in [0.1, 0.15) is 23.7 Å². The quantitative estimate of drug-likeness (QED) is 0.260. The van der Waals surface area contributed by atoms with Gasteiger partial charge in [-0.05, 0) is 23.8 Å². The monoisotopic (exact) mass is 668 g/mol. The Labute approximate surface area is 279 Å². The molecule has 48 heavy (non-hydrogen) atoms. The minimum Gasteiger partial charge on any atom is -0.497 e. The van der Waals surface area contributed by atoms with Gasteiger partial charge in [0.25, 0.3) is 5.91 Å². The summed E-state index contributed by atoms with van der Waals surface area (Å²) in [4.78, 5) is 44.6. The number of nitrogens with one attached hydrogen (secondary N) is 2. The van der Waals surface area contributed by atoms with Gasteiger partial charge in [-0.2, -0.15) is 4.31 Å². The molecule has 2 aliphatic rings. The highest BCUT2D eigenvalue weighted by molar-refractivity contribution is 7.88. The number of carbonyl (C=O) groups is 2. The van der Waals surface area contributed by atoms with Crippen molar-refractivity contribution >= 4 is 44.9 Å². The second-order valence-corrected chi connectivity index (χ2v) is 13.3. The van der Waals surface area contributed by atoms with Crippen molar-refractivity contribution in [3.8, 4) is 5.75 Å². The number of hydrogen-bond donors (Lipinski definition) is 2. The van der Waals surface area contributed by atoms with Crippen molar-refractivity contribution in [2.45, 2.75) is 12.7 Å². The zero-order valence-electron chi connectivity index (χ0n) is 26.6. The third-order valence-corrected chi connectivity index (χ3v) is 9.47. The van der Waals surface area contributed by atoms with Gasteiger partial charge in [-0.1, -0.05) is 60.7 Å². The van der Waals surface area contributed by atoms with Gasteiger partial charge in [0, 0.05) is 43.4 Å². The second-order valence-electron chi connectivity index (χ2n) is 11.4. The van der Waals surface area contributed by atoms with Crippen LogP contribution in [0.15, 0.2) is 96.2 Å². The number of sulfonamides is 1. The van der Waals surface area contributed by atoms with E-state index in [1.807, 2.05) is 83.8 Å². The van der Waals surface area contributed by atoms with Crippen molar-refractivity contribution in [1.82, 2.24) is 19.6 Å². The fourth-order valence-corrected chi connectivity index (χ4v) is 6.49. The number of para-hydroxylation sites is 1. The zero-order chi connectivity index (χ0) is 33.7. The number of aliphatic imine (C=N–C) groups is 1. The van der Waals surface area contributed by atoms with E-state index >= 15 is 0 Å². The number of benzene rings is 3. The smallest absolute Gasteiger partial charge is 0.272 e. The van der Waals surface area contributed by atoms with Gasteiger partial charge in [0.05, 0.1) is 37.9 Å². The molecular weight excluding hydrogens is 632 g/mol. The maximum atomic E-state index is 14.2. The van der Waals surface area contributed by atoms with E-state index in [9.17, 15) is 18.0 Å². The SMILES string of the molecule is COc1ccc(CN2C(=O)[C@@H](NC(=O)CNc3cc(N4CCN(S(C)(=O)=O)CC4)ncn3)N=C(c3ccccc3)c3ccccc32)cc1. The lowest BCUT2D eigenvalue weighted by molar-refractivity contribution is -0.126. The van der Waals surface area contributed by atoms with Crippen molar-refractivity contribution in [3.63, 3.8) is 0 Å².